The van der Waals surface area contributed by atoms with Crippen LogP contribution >= 0.6 is 15.9 Å². The zero-order valence-electron chi connectivity index (χ0n) is 12.8. The van der Waals surface area contributed by atoms with Crippen LogP contribution < -0.4 is 5.69 Å². The molecule has 0 N–H and O–H groups in total. The van der Waals surface area contributed by atoms with Crippen molar-refractivity contribution >= 4 is 32.9 Å². The zero-order chi connectivity index (χ0) is 15.9. The summed E-state index contributed by atoms with van der Waals surface area (Å²) in [7, 11) is 1.77. The Hall–Kier alpha value is -1.56. The van der Waals surface area contributed by atoms with Crippen molar-refractivity contribution in [1.29, 1.82) is 0 Å². The molecule has 0 amide bonds. The van der Waals surface area contributed by atoms with Crippen LogP contribution in [0, 0.1) is 0 Å². The molecule has 0 spiro atoms. The Labute approximate surface area is 137 Å². The number of esters is 1. The molecule has 1 aliphatic carbocycles. The number of nitrogens with zero attached hydrogens (tertiary/aromatic N) is 2. The Kier molecular flexibility index (Phi) is 4.12. The van der Waals surface area contributed by atoms with Crippen molar-refractivity contribution in [3.8, 4) is 0 Å². The first-order valence-electron chi connectivity index (χ1n) is 7.62. The van der Waals surface area contributed by atoms with Gasteiger partial charge in [-0.1, -0.05) is 12.8 Å². The topological polar surface area (TPSA) is 53.2 Å². The molecule has 1 aromatic heterocycles. The minimum Gasteiger partial charge on any atom is -0.462 e. The number of carbonyl (C=O) groups is 1. The number of imidazole rings is 1. The standard InChI is InChI=1S/C16H19BrN2O3/c1-3-22-15(20)11-8-14-13(9-12(11)17)18(2)16(21)19(14)10-6-4-5-7-10/h8-10H,3-7H2,1-2H3. The number of hydrogen-bond acceptors (Lipinski definition) is 3. The van der Waals surface area contributed by atoms with E-state index in [1.54, 1.807) is 24.6 Å². The van der Waals surface area contributed by atoms with Gasteiger partial charge in [-0.05, 0) is 47.8 Å². The smallest absolute Gasteiger partial charge is 0.339 e. The number of carbonyl (C=O) groups excluding carboxylic acids is 1. The van der Waals surface area contributed by atoms with E-state index in [-0.39, 0.29) is 17.7 Å². The Morgan fingerprint density at radius 2 is 2.00 bits per heavy atom. The molecule has 1 aromatic carbocycles. The van der Waals surface area contributed by atoms with Crippen molar-refractivity contribution in [2.24, 2.45) is 7.05 Å². The normalized spacial score (nSPS) is 15.6. The predicted molar refractivity (Wildman–Crippen MR) is 88.3 cm³/mol. The number of rotatable bonds is 3. The van der Waals surface area contributed by atoms with Crippen LogP contribution in [0.2, 0.25) is 0 Å². The van der Waals surface area contributed by atoms with E-state index < -0.39 is 0 Å². The Morgan fingerprint density at radius 3 is 2.64 bits per heavy atom. The molecule has 1 saturated carbocycles. The molecule has 5 nitrogen and oxygen atoms in total. The molecule has 1 fully saturated rings. The average molecular weight is 367 g/mol. The summed E-state index contributed by atoms with van der Waals surface area (Å²) in [6.45, 7) is 2.11. The first kappa shape index (κ1) is 15.3. The maximum atomic E-state index is 12.6. The molecular formula is C16H19BrN2O3. The van der Waals surface area contributed by atoms with E-state index in [1.807, 2.05) is 10.6 Å². The van der Waals surface area contributed by atoms with Crippen LogP contribution in [0.15, 0.2) is 21.4 Å². The number of aryl methyl sites for hydroxylation is 1. The van der Waals surface area contributed by atoms with E-state index in [1.165, 1.54) is 0 Å². The summed E-state index contributed by atoms with van der Waals surface area (Å²) in [6.07, 6.45) is 4.33. The van der Waals surface area contributed by atoms with Crippen molar-refractivity contribution in [1.82, 2.24) is 9.13 Å². The third kappa shape index (κ3) is 2.39. The Balaban J connectivity index is 2.22. The first-order chi connectivity index (χ1) is 10.5. The van der Waals surface area contributed by atoms with Crippen LogP contribution in [0.4, 0.5) is 0 Å². The van der Waals surface area contributed by atoms with Gasteiger partial charge in [-0.2, -0.15) is 0 Å². The summed E-state index contributed by atoms with van der Waals surface area (Å²) in [6, 6.07) is 3.83. The van der Waals surface area contributed by atoms with Gasteiger partial charge in [0.05, 0.1) is 23.2 Å². The average Bonchev–Trinajstić information content (AvgIpc) is 3.08. The molecule has 3 rings (SSSR count). The van der Waals surface area contributed by atoms with E-state index in [2.05, 4.69) is 15.9 Å². The van der Waals surface area contributed by atoms with Gasteiger partial charge in [-0.3, -0.25) is 9.13 Å². The number of benzene rings is 1. The molecule has 0 aliphatic heterocycles. The van der Waals surface area contributed by atoms with Gasteiger partial charge in [0.15, 0.2) is 0 Å². The maximum Gasteiger partial charge on any atom is 0.339 e. The highest BCUT2D eigenvalue weighted by Gasteiger charge is 2.24. The first-order valence-corrected chi connectivity index (χ1v) is 8.41. The molecule has 6 heteroatoms. The van der Waals surface area contributed by atoms with Crippen molar-refractivity contribution in [2.45, 2.75) is 38.6 Å². The fraction of sp³-hybridized carbons (Fsp3) is 0.500. The van der Waals surface area contributed by atoms with Crippen LogP contribution in [0.1, 0.15) is 49.0 Å². The highest BCUT2D eigenvalue weighted by atomic mass is 79.9. The third-order valence-electron chi connectivity index (χ3n) is 4.36. The van der Waals surface area contributed by atoms with Crippen molar-refractivity contribution in [3.63, 3.8) is 0 Å². The molecule has 22 heavy (non-hydrogen) atoms. The molecule has 0 radical (unpaired) electrons. The molecule has 118 valence electrons. The molecule has 1 aliphatic rings. The molecule has 0 bridgehead atoms. The summed E-state index contributed by atoms with van der Waals surface area (Å²) >= 11 is 3.41. The monoisotopic (exact) mass is 366 g/mol. The zero-order valence-corrected chi connectivity index (χ0v) is 14.4. The lowest BCUT2D eigenvalue weighted by Crippen LogP contribution is -2.24. The van der Waals surface area contributed by atoms with Gasteiger partial charge in [0.25, 0.3) is 0 Å². The van der Waals surface area contributed by atoms with Crippen LogP contribution in [-0.4, -0.2) is 21.7 Å². The number of fused-ring (bicyclic) bond motifs is 1. The van der Waals surface area contributed by atoms with Crippen LogP contribution in [0.25, 0.3) is 11.0 Å². The highest BCUT2D eigenvalue weighted by molar-refractivity contribution is 9.10. The van der Waals surface area contributed by atoms with E-state index in [9.17, 15) is 9.59 Å². The summed E-state index contributed by atoms with van der Waals surface area (Å²) in [5.74, 6) is -0.370. The second-order valence-corrected chi connectivity index (χ2v) is 6.55. The van der Waals surface area contributed by atoms with Gasteiger partial charge in [0.1, 0.15) is 0 Å². The molecule has 1 heterocycles. The lowest BCUT2D eigenvalue weighted by atomic mass is 10.1. The van der Waals surface area contributed by atoms with Crippen LogP contribution in [-0.2, 0) is 11.8 Å². The van der Waals surface area contributed by atoms with Crippen molar-refractivity contribution in [3.05, 3.63) is 32.7 Å². The Morgan fingerprint density at radius 1 is 1.32 bits per heavy atom. The molecule has 2 aromatic rings. The second kappa shape index (κ2) is 5.91. The summed E-state index contributed by atoms with van der Waals surface area (Å²) in [4.78, 5) is 24.7. The largest absolute Gasteiger partial charge is 0.462 e. The third-order valence-corrected chi connectivity index (χ3v) is 5.02. The van der Waals surface area contributed by atoms with Gasteiger partial charge < -0.3 is 4.74 Å². The van der Waals surface area contributed by atoms with E-state index in [0.717, 1.165) is 36.7 Å². The fourth-order valence-corrected chi connectivity index (χ4v) is 3.75. The summed E-state index contributed by atoms with van der Waals surface area (Å²) in [5, 5.41) is 0. The fourth-order valence-electron chi connectivity index (χ4n) is 3.26. The second-order valence-electron chi connectivity index (χ2n) is 5.69. The van der Waals surface area contributed by atoms with E-state index >= 15 is 0 Å². The van der Waals surface area contributed by atoms with Crippen molar-refractivity contribution < 1.29 is 9.53 Å². The predicted octanol–water partition coefficient (Wildman–Crippen LogP) is 3.39. The van der Waals surface area contributed by atoms with Crippen LogP contribution in [0.5, 0.6) is 0 Å². The highest BCUT2D eigenvalue weighted by Crippen LogP contribution is 2.32. The molecule has 0 unspecified atom stereocenters. The lowest BCUT2D eigenvalue weighted by molar-refractivity contribution is 0.0525. The minimum atomic E-state index is -0.370. The summed E-state index contributed by atoms with van der Waals surface area (Å²) < 4.78 is 9.24. The van der Waals surface area contributed by atoms with Gasteiger partial charge in [-0.25, -0.2) is 9.59 Å². The molecule has 0 saturated heterocycles. The van der Waals surface area contributed by atoms with Crippen LogP contribution in [0.3, 0.4) is 0 Å². The SMILES string of the molecule is CCOC(=O)c1cc2c(cc1Br)n(C)c(=O)n2C1CCCC1. The maximum absolute atomic E-state index is 12.6. The van der Waals surface area contributed by atoms with Gasteiger partial charge in [0, 0.05) is 17.6 Å². The minimum absolute atomic E-state index is 0.0187. The lowest BCUT2D eigenvalue weighted by Gasteiger charge is -2.12. The Bertz CT molecular complexity index is 785. The number of ether oxygens (including phenoxy) is 1. The quantitative estimate of drug-likeness (QED) is 0.782. The molecule has 0 atom stereocenters. The summed E-state index contributed by atoms with van der Waals surface area (Å²) in [5.41, 5.74) is 2.09. The van der Waals surface area contributed by atoms with Gasteiger partial charge >= 0.3 is 11.7 Å². The van der Waals surface area contributed by atoms with Gasteiger partial charge in [0.2, 0.25) is 0 Å². The number of halogens is 1. The van der Waals surface area contributed by atoms with E-state index in [0.29, 0.717) is 16.6 Å². The van der Waals surface area contributed by atoms with Gasteiger partial charge in [-0.15, -0.1) is 0 Å². The number of aromatic nitrogens is 2. The van der Waals surface area contributed by atoms with Crippen molar-refractivity contribution in [2.75, 3.05) is 6.61 Å². The molecular weight excluding hydrogens is 348 g/mol. The van der Waals surface area contributed by atoms with E-state index in [4.69, 9.17) is 4.74 Å². The number of hydrogen-bond donors (Lipinski definition) is 0.